The number of hydrogen-bond acceptors (Lipinski definition) is 3. The van der Waals surface area contributed by atoms with Crippen LogP contribution in [0.5, 0.6) is 0 Å². The average molecular weight is 225 g/mol. The first-order valence-corrected chi connectivity index (χ1v) is 6.73. The lowest BCUT2D eigenvalue weighted by Crippen LogP contribution is -2.30. The average Bonchev–Trinajstić information content (AvgIpc) is 2.84. The Morgan fingerprint density at radius 1 is 1.19 bits per heavy atom. The van der Waals surface area contributed by atoms with Crippen LogP contribution in [0.15, 0.2) is 0 Å². The van der Waals surface area contributed by atoms with E-state index in [1.165, 1.54) is 25.7 Å². The smallest absolute Gasteiger partial charge is 0.308 e. The lowest BCUT2D eigenvalue weighted by Gasteiger charge is -2.22. The van der Waals surface area contributed by atoms with Crippen molar-refractivity contribution in [2.24, 2.45) is 11.8 Å². The van der Waals surface area contributed by atoms with Gasteiger partial charge in [-0.3, -0.25) is 4.79 Å². The molecule has 0 spiro atoms. The summed E-state index contributed by atoms with van der Waals surface area (Å²) in [7, 11) is 0. The summed E-state index contributed by atoms with van der Waals surface area (Å²) in [6, 6.07) is 0. The molecule has 1 N–H and O–H groups in total. The zero-order valence-corrected chi connectivity index (χ0v) is 10.0. The first-order valence-electron chi connectivity index (χ1n) is 6.73. The molecule has 2 fully saturated rings. The van der Waals surface area contributed by atoms with E-state index in [1.807, 2.05) is 0 Å². The van der Waals surface area contributed by atoms with E-state index in [-0.39, 0.29) is 11.9 Å². The SMILES string of the molecule is O=C(OCCC1CCCNC1)C1CCCC1. The zero-order valence-electron chi connectivity index (χ0n) is 10.0. The Morgan fingerprint density at radius 2 is 2.00 bits per heavy atom. The Bertz CT molecular complexity index is 218. The van der Waals surface area contributed by atoms with Crippen LogP contribution >= 0.6 is 0 Å². The highest BCUT2D eigenvalue weighted by atomic mass is 16.5. The monoisotopic (exact) mass is 225 g/mol. The molecular weight excluding hydrogens is 202 g/mol. The van der Waals surface area contributed by atoms with Crippen molar-refractivity contribution in [1.82, 2.24) is 5.32 Å². The fourth-order valence-electron chi connectivity index (χ4n) is 2.78. The molecule has 0 radical (unpaired) electrons. The van der Waals surface area contributed by atoms with Crippen LogP contribution in [0.2, 0.25) is 0 Å². The third-order valence-corrected chi connectivity index (χ3v) is 3.86. The fourth-order valence-corrected chi connectivity index (χ4v) is 2.78. The number of nitrogens with one attached hydrogen (secondary N) is 1. The van der Waals surface area contributed by atoms with Gasteiger partial charge in [0.2, 0.25) is 0 Å². The summed E-state index contributed by atoms with van der Waals surface area (Å²) in [5.74, 6) is 0.982. The minimum Gasteiger partial charge on any atom is -0.465 e. The van der Waals surface area contributed by atoms with Gasteiger partial charge in [0.25, 0.3) is 0 Å². The zero-order chi connectivity index (χ0) is 11.2. The molecule has 0 aromatic heterocycles. The van der Waals surface area contributed by atoms with Gasteiger partial charge in [0.15, 0.2) is 0 Å². The molecule has 1 heterocycles. The van der Waals surface area contributed by atoms with Gasteiger partial charge in [0, 0.05) is 0 Å². The molecule has 16 heavy (non-hydrogen) atoms. The highest BCUT2D eigenvalue weighted by molar-refractivity contribution is 5.72. The number of ether oxygens (including phenoxy) is 1. The van der Waals surface area contributed by atoms with Gasteiger partial charge >= 0.3 is 5.97 Å². The van der Waals surface area contributed by atoms with E-state index in [0.717, 1.165) is 32.4 Å². The van der Waals surface area contributed by atoms with Crippen molar-refractivity contribution in [2.75, 3.05) is 19.7 Å². The number of esters is 1. The second-order valence-electron chi connectivity index (χ2n) is 5.15. The predicted molar refractivity (Wildman–Crippen MR) is 63.1 cm³/mol. The molecule has 1 saturated carbocycles. The summed E-state index contributed by atoms with van der Waals surface area (Å²) in [4.78, 5) is 11.6. The van der Waals surface area contributed by atoms with Crippen molar-refractivity contribution in [1.29, 1.82) is 0 Å². The van der Waals surface area contributed by atoms with Crippen molar-refractivity contribution in [2.45, 2.75) is 44.9 Å². The Labute approximate surface area is 97.9 Å². The van der Waals surface area contributed by atoms with E-state index in [1.54, 1.807) is 0 Å². The standard InChI is InChI=1S/C13H23NO2/c15-13(12-5-1-2-6-12)16-9-7-11-4-3-8-14-10-11/h11-12,14H,1-10H2. The number of piperidine rings is 1. The molecule has 1 saturated heterocycles. The van der Waals surface area contributed by atoms with E-state index in [4.69, 9.17) is 4.74 Å². The number of rotatable bonds is 4. The normalized spacial score (nSPS) is 26.9. The lowest BCUT2D eigenvalue weighted by atomic mass is 9.97. The quantitative estimate of drug-likeness (QED) is 0.745. The van der Waals surface area contributed by atoms with Crippen molar-refractivity contribution >= 4 is 5.97 Å². The van der Waals surface area contributed by atoms with E-state index in [2.05, 4.69) is 5.32 Å². The number of carbonyl (C=O) groups excluding carboxylic acids is 1. The van der Waals surface area contributed by atoms with Crippen LogP contribution in [0, 0.1) is 11.8 Å². The van der Waals surface area contributed by atoms with Crippen LogP contribution in [-0.2, 0) is 9.53 Å². The molecule has 1 aliphatic heterocycles. The van der Waals surface area contributed by atoms with Gasteiger partial charge in [-0.1, -0.05) is 12.8 Å². The van der Waals surface area contributed by atoms with Gasteiger partial charge in [-0.15, -0.1) is 0 Å². The molecule has 0 amide bonds. The Kier molecular flexibility index (Phi) is 4.64. The summed E-state index contributed by atoms with van der Waals surface area (Å²) >= 11 is 0. The second kappa shape index (κ2) is 6.24. The van der Waals surface area contributed by atoms with Gasteiger partial charge in [-0.2, -0.15) is 0 Å². The van der Waals surface area contributed by atoms with Gasteiger partial charge in [-0.05, 0) is 51.1 Å². The van der Waals surface area contributed by atoms with Crippen molar-refractivity contribution < 1.29 is 9.53 Å². The largest absolute Gasteiger partial charge is 0.465 e. The Morgan fingerprint density at radius 3 is 2.69 bits per heavy atom. The van der Waals surface area contributed by atoms with Crippen molar-refractivity contribution in [3.63, 3.8) is 0 Å². The van der Waals surface area contributed by atoms with E-state index >= 15 is 0 Å². The number of carbonyl (C=O) groups is 1. The fraction of sp³-hybridized carbons (Fsp3) is 0.923. The summed E-state index contributed by atoms with van der Waals surface area (Å²) in [6.45, 7) is 2.88. The first-order chi connectivity index (χ1) is 7.86. The molecule has 0 aromatic rings. The van der Waals surface area contributed by atoms with Gasteiger partial charge in [0.05, 0.1) is 12.5 Å². The molecule has 1 aliphatic carbocycles. The maximum absolute atomic E-state index is 11.6. The minimum absolute atomic E-state index is 0.0567. The molecule has 0 bridgehead atoms. The summed E-state index contributed by atoms with van der Waals surface area (Å²) in [5, 5.41) is 3.39. The van der Waals surface area contributed by atoms with Gasteiger partial charge in [-0.25, -0.2) is 0 Å². The van der Waals surface area contributed by atoms with E-state index in [0.29, 0.717) is 12.5 Å². The van der Waals surface area contributed by atoms with Gasteiger partial charge in [0.1, 0.15) is 0 Å². The van der Waals surface area contributed by atoms with Crippen LogP contribution in [0.1, 0.15) is 44.9 Å². The Hall–Kier alpha value is -0.570. The molecular formula is C13H23NO2. The summed E-state index contributed by atoms with van der Waals surface area (Å²) in [6.07, 6.45) is 8.08. The van der Waals surface area contributed by atoms with E-state index in [9.17, 15) is 4.79 Å². The molecule has 92 valence electrons. The van der Waals surface area contributed by atoms with Gasteiger partial charge < -0.3 is 10.1 Å². The highest BCUT2D eigenvalue weighted by Gasteiger charge is 2.24. The van der Waals surface area contributed by atoms with Crippen LogP contribution in [-0.4, -0.2) is 25.7 Å². The molecule has 3 nitrogen and oxygen atoms in total. The molecule has 2 aliphatic rings. The molecule has 1 atom stereocenters. The lowest BCUT2D eigenvalue weighted by molar-refractivity contribution is -0.148. The van der Waals surface area contributed by atoms with Crippen molar-refractivity contribution in [3.05, 3.63) is 0 Å². The van der Waals surface area contributed by atoms with Crippen LogP contribution in [0.25, 0.3) is 0 Å². The maximum atomic E-state index is 11.6. The maximum Gasteiger partial charge on any atom is 0.308 e. The summed E-state index contributed by atoms with van der Waals surface area (Å²) in [5.41, 5.74) is 0. The van der Waals surface area contributed by atoms with Crippen LogP contribution in [0.3, 0.4) is 0 Å². The van der Waals surface area contributed by atoms with E-state index < -0.39 is 0 Å². The predicted octanol–water partition coefficient (Wildman–Crippen LogP) is 2.11. The highest BCUT2D eigenvalue weighted by Crippen LogP contribution is 2.26. The minimum atomic E-state index is 0.0567. The number of hydrogen-bond donors (Lipinski definition) is 1. The van der Waals surface area contributed by atoms with Crippen molar-refractivity contribution in [3.8, 4) is 0 Å². The second-order valence-corrected chi connectivity index (χ2v) is 5.15. The van der Waals surface area contributed by atoms with Crippen LogP contribution < -0.4 is 5.32 Å². The van der Waals surface area contributed by atoms with Crippen LogP contribution in [0.4, 0.5) is 0 Å². The first kappa shape index (κ1) is 11.9. The molecule has 3 heteroatoms. The third kappa shape index (κ3) is 3.48. The third-order valence-electron chi connectivity index (χ3n) is 3.86. The summed E-state index contributed by atoms with van der Waals surface area (Å²) < 4.78 is 5.36. The molecule has 2 rings (SSSR count). The molecule has 1 unspecified atom stereocenters. The topological polar surface area (TPSA) is 38.3 Å². The Balaban J connectivity index is 1.57. The molecule has 0 aromatic carbocycles.